The molecular weight excluding hydrogens is 272 g/mol. The van der Waals surface area contributed by atoms with Crippen LogP contribution in [0.2, 0.25) is 0 Å². The van der Waals surface area contributed by atoms with Crippen LogP contribution < -0.4 is 4.74 Å². The van der Waals surface area contributed by atoms with E-state index in [9.17, 15) is 4.79 Å². The summed E-state index contributed by atoms with van der Waals surface area (Å²) in [6, 6.07) is 13.9. The highest BCUT2D eigenvalue weighted by Gasteiger charge is 2.13. The summed E-state index contributed by atoms with van der Waals surface area (Å²) in [6.07, 6.45) is 5.97. The molecule has 2 aromatic rings. The summed E-state index contributed by atoms with van der Waals surface area (Å²) in [6.45, 7) is 6.71. The fourth-order valence-corrected chi connectivity index (χ4v) is 2.23. The van der Waals surface area contributed by atoms with Gasteiger partial charge in [-0.2, -0.15) is 0 Å². The van der Waals surface area contributed by atoms with Crippen molar-refractivity contribution in [1.82, 2.24) is 0 Å². The molecule has 0 saturated heterocycles. The van der Waals surface area contributed by atoms with Crippen molar-refractivity contribution in [3.05, 3.63) is 53.6 Å². The Balaban J connectivity index is 2.33. The second-order valence-electron chi connectivity index (χ2n) is 6.19. The number of aldehydes is 1. The number of terminal acetylenes is 1. The summed E-state index contributed by atoms with van der Waals surface area (Å²) in [5, 5.41) is 0. The van der Waals surface area contributed by atoms with E-state index in [2.05, 4.69) is 51.0 Å². The highest BCUT2D eigenvalue weighted by molar-refractivity contribution is 5.83. The minimum absolute atomic E-state index is 0.124. The summed E-state index contributed by atoms with van der Waals surface area (Å²) in [4.78, 5) is 11.2. The molecule has 0 unspecified atom stereocenters. The first-order valence-electron chi connectivity index (χ1n) is 7.22. The van der Waals surface area contributed by atoms with Crippen molar-refractivity contribution >= 4 is 6.29 Å². The van der Waals surface area contributed by atoms with Gasteiger partial charge in [-0.05, 0) is 34.2 Å². The summed E-state index contributed by atoms with van der Waals surface area (Å²) in [7, 11) is 0. The van der Waals surface area contributed by atoms with E-state index in [4.69, 9.17) is 11.2 Å². The van der Waals surface area contributed by atoms with Crippen molar-refractivity contribution in [2.75, 3.05) is 6.61 Å². The van der Waals surface area contributed by atoms with Crippen LogP contribution in [0.15, 0.2) is 42.5 Å². The van der Waals surface area contributed by atoms with Gasteiger partial charge in [-0.3, -0.25) is 4.79 Å². The molecule has 0 radical (unpaired) electrons. The van der Waals surface area contributed by atoms with E-state index < -0.39 is 0 Å². The van der Waals surface area contributed by atoms with Crippen LogP contribution in [0.4, 0.5) is 0 Å². The molecule has 0 bridgehead atoms. The van der Waals surface area contributed by atoms with Gasteiger partial charge in [0.15, 0.2) is 6.29 Å². The van der Waals surface area contributed by atoms with Gasteiger partial charge in [0.2, 0.25) is 0 Å². The van der Waals surface area contributed by atoms with Gasteiger partial charge in [0.25, 0.3) is 0 Å². The largest absolute Gasteiger partial charge is 0.480 e. The fourth-order valence-electron chi connectivity index (χ4n) is 2.23. The lowest BCUT2D eigenvalue weighted by atomic mass is 9.86. The summed E-state index contributed by atoms with van der Waals surface area (Å²) in [5.74, 6) is 2.91. The Bertz CT molecular complexity index is 698. The van der Waals surface area contributed by atoms with Crippen molar-refractivity contribution in [3.63, 3.8) is 0 Å². The topological polar surface area (TPSA) is 26.3 Å². The summed E-state index contributed by atoms with van der Waals surface area (Å²) >= 11 is 0. The van der Waals surface area contributed by atoms with E-state index in [1.54, 1.807) is 6.07 Å². The molecule has 2 nitrogen and oxygen atoms in total. The third kappa shape index (κ3) is 3.56. The average Bonchev–Trinajstić information content (AvgIpc) is 2.52. The monoisotopic (exact) mass is 292 g/mol. The van der Waals surface area contributed by atoms with E-state index in [1.807, 2.05) is 12.1 Å². The number of rotatable bonds is 4. The van der Waals surface area contributed by atoms with E-state index in [0.717, 1.165) is 17.4 Å². The first kappa shape index (κ1) is 15.9. The summed E-state index contributed by atoms with van der Waals surface area (Å²) < 4.78 is 5.36. The SMILES string of the molecule is C#CCOc1ccc(-c2ccc(C(C)(C)C)cc2)cc1C=O. The number of hydrogen-bond donors (Lipinski definition) is 0. The molecule has 0 N–H and O–H groups in total. The maximum absolute atomic E-state index is 11.2. The summed E-state index contributed by atoms with van der Waals surface area (Å²) in [5.41, 5.74) is 3.96. The van der Waals surface area contributed by atoms with Crippen LogP contribution in [0.3, 0.4) is 0 Å². The molecule has 0 aromatic heterocycles. The minimum atomic E-state index is 0.124. The molecule has 0 spiro atoms. The molecule has 22 heavy (non-hydrogen) atoms. The van der Waals surface area contributed by atoms with Crippen LogP contribution in [0.25, 0.3) is 11.1 Å². The van der Waals surface area contributed by atoms with Crippen molar-refractivity contribution in [3.8, 4) is 29.2 Å². The van der Waals surface area contributed by atoms with E-state index in [-0.39, 0.29) is 12.0 Å². The van der Waals surface area contributed by atoms with Gasteiger partial charge in [0.1, 0.15) is 12.4 Å². The van der Waals surface area contributed by atoms with Crippen LogP contribution in [0.5, 0.6) is 5.75 Å². The molecule has 0 amide bonds. The number of benzene rings is 2. The van der Waals surface area contributed by atoms with Gasteiger partial charge in [-0.15, -0.1) is 6.42 Å². The molecular formula is C20H20O2. The average molecular weight is 292 g/mol. The first-order valence-corrected chi connectivity index (χ1v) is 7.22. The van der Waals surface area contributed by atoms with Crippen LogP contribution in [-0.2, 0) is 5.41 Å². The number of ether oxygens (including phenoxy) is 1. The highest BCUT2D eigenvalue weighted by Crippen LogP contribution is 2.28. The number of carbonyl (C=O) groups is 1. The Morgan fingerprint density at radius 2 is 1.73 bits per heavy atom. The lowest BCUT2D eigenvalue weighted by Gasteiger charge is -2.19. The molecule has 2 heteroatoms. The molecule has 112 valence electrons. The van der Waals surface area contributed by atoms with E-state index >= 15 is 0 Å². The molecule has 2 aromatic carbocycles. The predicted molar refractivity (Wildman–Crippen MR) is 90.3 cm³/mol. The van der Waals surface area contributed by atoms with Crippen molar-refractivity contribution in [1.29, 1.82) is 0 Å². The van der Waals surface area contributed by atoms with Crippen LogP contribution >= 0.6 is 0 Å². The van der Waals surface area contributed by atoms with Crippen LogP contribution in [0, 0.1) is 12.3 Å². The molecule has 2 rings (SSSR count). The van der Waals surface area contributed by atoms with E-state index in [0.29, 0.717) is 11.3 Å². The molecule has 0 aliphatic carbocycles. The van der Waals surface area contributed by atoms with E-state index in [1.165, 1.54) is 5.56 Å². The van der Waals surface area contributed by atoms with Gasteiger partial charge in [0.05, 0.1) is 5.56 Å². The highest BCUT2D eigenvalue weighted by atomic mass is 16.5. The molecule has 0 saturated carbocycles. The molecule has 0 fully saturated rings. The maximum atomic E-state index is 11.2. The second kappa shape index (κ2) is 6.49. The molecule has 0 aliphatic heterocycles. The van der Waals surface area contributed by atoms with Crippen molar-refractivity contribution in [2.24, 2.45) is 0 Å². The smallest absolute Gasteiger partial charge is 0.153 e. The third-order valence-electron chi connectivity index (χ3n) is 3.53. The Kier molecular flexibility index (Phi) is 4.68. The van der Waals surface area contributed by atoms with Gasteiger partial charge in [0, 0.05) is 0 Å². The Morgan fingerprint density at radius 3 is 2.27 bits per heavy atom. The minimum Gasteiger partial charge on any atom is -0.480 e. The first-order chi connectivity index (χ1) is 10.5. The third-order valence-corrected chi connectivity index (χ3v) is 3.53. The van der Waals surface area contributed by atoms with Crippen LogP contribution in [-0.4, -0.2) is 12.9 Å². The molecule has 0 atom stereocenters. The zero-order valence-electron chi connectivity index (χ0n) is 13.2. The Labute approximate surface area is 132 Å². The molecule has 0 aliphatic rings. The van der Waals surface area contributed by atoms with Gasteiger partial charge in [-0.1, -0.05) is 57.0 Å². The van der Waals surface area contributed by atoms with Gasteiger partial charge < -0.3 is 4.74 Å². The van der Waals surface area contributed by atoms with Crippen LogP contribution in [0.1, 0.15) is 36.7 Å². The zero-order valence-corrected chi connectivity index (χ0v) is 13.2. The number of hydrogen-bond acceptors (Lipinski definition) is 2. The van der Waals surface area contributed by atoms with Crippen molar-refractivity contribution in [2.45, 2.75) is 26.2 Å². The normalized spacial score (nSPS) is 10.8. The molecule has 0 heterocycles. The second-order valence-corrected chi connectivity index (χ2v) is 6.19. The number of carbonyl (C=O) groups excluding carboxylic acids is 1. The fraction of sp³-hybridized carbons (Fsp3) is 0.250. The Morgan fingerprint density at radius 1 is 1.09 bits per heavy atom. The quantitative estimate of drug-likeness (QED) is 0.613. The van der Waals surface area contributed by atoms with Gasteiger partial charge in [-0.25, -0.2) is 0 Å². The standard InChI is InChI=1S/C20H20O2/c1-5-12-22-19-11-8-16(13-17(19)14-21)15-6-9-18(10-7-15)20(2,3)4/h1,6-11,13-14H,12H2,2-4H3. The Hall–Kier alpha value is -2.53. The predicted octanol–water partition coefficient (Wildman–Crippen LogP) is 4.48. The zero-order chi connectivity index (χ0) is 16.2. The lowest BCUT2D eigenvalue weighted by molar-refractivity contribution is 0.112. The lowest BCUT2D eigenvalue weighted by Crippen LogP contribution is -2.10. The van der Waals surface area contributed by atoms with Crippen molar-refractivity contribution < 1.29 is 9.53 Å². The maximum Gasteiger partial charge on any atom is 0.153 e. The van der Waals surface area contributed by atoms with Gasteiger partial charge >= 0.3 is 0 Å².